The minimum atomic E-state index is -1.23. The van der Waals surface area contributed by atoms with E-state index in [1.807, 2.05) is 6.07 Å². The molecule has 2 aromatic carbocycles. The average Bonchev–Trinajstić information content (AvgIpc) is 2.83. The summed E-state index contributed by atoms with van der Waals surface area (Å²) in [6.07, 6.45) is 5.39. The lowest BCUT2D eigenvalue weighted by molar-refractivity contribution is 0.0692. The first kappa shape index (κ1) is 16.0. The zero-order valence-corrected chi connectivity index (χ0v) is 13.9. The molecule has 0 aromatic heterocycles. The van der Waals surface area contributed by atoms with Gasteiger partial charge in [0.1, 0.15) is 5.82 Å². The van der Waals surface area contributed by atoms with Gasteiger partial charge in [0.05, 0.1) is 5.56 Å². The molecular formula is C21H20FNO2. The van der Waals surface area contributed by atoms with Crippen LogP contribution in [0.4, 0.5) is 4.39 Å². The SMILES string of the molecule is O=C(O)c1ccc(C2=CC3CCC(C2)N3Cc2ccccc2)cc1F. The molecule has 25 heavy (non-hydrogen) atoms. The molecule has 0 spiro atoms. The van der Waals surface area contributed by atoms with Crippen molar-refractivity contribution in [3.05, 3.63) is 77.1 Å². The molecular weight excluding hydrogens is 317 g/mol. The number of nitrogens with zero attached hydrogens (tertiary/aromatic N) is 1. The number of halogens is 1. The second kappa shape index (κ2) is 6.45. The number of hydrogen-bond acceptors (Lipinski definition) is 2. The first-order valence-electron chi connectivity index (χ1n) is 8.65. The van der Waals surface area contributed by atoms with Gasteiger partial charge in [-0.05, 0) is 48.1 Å². The van der Waals surface area contributed by atoms with Crippen molar-refractivity contribution in [2.45, 2.75) is 37.9 Å². The second-order valence-corrected chi connectivity index (χ2v) is 6.85. The predicted molar refractivity (Wildman–Crippen MR) is 94.7 cm³/mol. The molecule has 2 aromatic rings. The summed E-state index contributed by atoms with van der Waals surface area (Å²) in [5, 5.41) is 8.97. The highest BCUT2D eigenvalue weighted by molar-refractivity contribution is 5.88. The first-order chi connectivity index (χ1) is 12.1. The zero-order valence-electron chi connectivity index (χ0n) is 13.9. The van der Waals surface area contributed by atoms with E-state index in [0.29, 0.717) is 12.1 Å². The van der Waals surface area contributed by atoms with E-state index >= 15 is 0 Å². The number of aromatic carboxylic acids is 1. The van der Waals surface area contributed by atoms with Crippen molar-refractivity contribution >= 4 is 11.5 Å². The summed E-state index contributed by atoms with van der Waals surface area (Å²) in [7, 11) is 0. The molecule has 2 bridgehead atoms. The third-order valence-electron chi connectivity index (χ3n) is 5.32. The van der Waals surface area contributed by atoms with Crippen LogP contribution in [-0.4, -0.2) is 28.1 Å². The van der Waals surface area contributed by atoms with Gasteiger partial charge in [-0.15, -0.1) is 0 Å². The molecule has 0 amide bonds. The topological polar surface area (TPSA) is 40.5 Å². The Morgan fingerprint density at radius 2 is 1.96 bits per heavy atom. The molecule has 1 N–H and O–H groups in total. The Labute approximate surface area is 146 Å². The van der Waals surface area contributed by atoms with Gasteiger partial charge in [-0.2, -0.15) is 0 Å². The van der Waals surface area contributed by atoms with Crippen molar-refractivity contribution in [2.75, 3.05) is 0 Å². The lowest BCUT2D eigenvalue weighted by Gasteiger charge is -2.34. The maximum Gasteiger partial charge on any atom is 0.338 e. The van der Waals surface area contributed by atoms with Crippen LogP contribution in [0.25, 0.3) is 5.57 Å². The van der Waals surface area contributed by atoms with Crippen molar-refractivity contribution < 1.29 is 14.3 Å². The number of carbonyl (C=O) groups is 1. The maximum atomic E-state index is 14.0. The monoisotopic (exact) mass is 337 g/mol. The maximum absolute atomic E-state index is 14.0. The quantitative estimate of drug-likeness (QED) is 0.902. The third kappa shape index (κ3) is 3.10. The summed E-state index contributed by atoms with van der Waals surface area (Å²) in [5.41, 5.74) is 2.98. The van der Waals surface area contributed by atoms with Crippen molar-refractivity contribution in [1.29, 1.82) is 0 Å². The fraction of sp³-hybridized carbons (Fsp3) is 0.286. The number of carboxylic acids is 1. The van der Waals surface area contributed by atoms with E-state index in [1.54, 1.807) is 6.07 Å². The molecule has 1 saturated heterocycles. The highest BCUT2D eigenvalue weighted by Crippen LogP contribution is 2.39. The Morgan fingerprint density at radius 1 is 1.16 bits per heavy atom. The molecule has 128 valence electrons. The lowest BCUT2D eigenvalue weighted by Crippen LogP contribution is -2.37. The highest BCUT2D eigenvalue weighted by atomic mass is 19.1. The lowest BCUT2D eigenvalue weighted by atomic mass is 9.93. The van der Waals surface area contributed by atoms with Crippen LogP contribution in [0, 0.1) is 5.82 Å². The number of benzene rings is 2. The van der Waals surface area contributed by atoms with Gasteiger partial charge < -0.3 is 5.11 Å². The molecule has 4 rings (SSSR count). The summed E-state index contributed by atoms with van der Waals surface area (Å²) in [6, 6.07) is 15.8. The predicted octanol–water partition coefficient (Wildman–Crippen LogP) is 4.34. The largest absolute Gasteiger partial charge is 0.478 e. The number of rotatable bonds is 4. The Balaban J connectivity index is 1.57. The van der Waals surface area contributed by atoms with E-state index in [1.165, 1.54) is 17.7 Å². The number of fused-ring (bicyclic) bond motifs is 2. The summed E-state index contributed by atoms with van der Waals surface area (Å²) in [5.74, 6) is -1.89. The number of hydrogen-bond donors (Lipinski definition) is 1. The minimum Gasteiger partial charge on any atom is -0.478 e. The summed E-state index contributed by atoms with van der Waals surface area (Å²) < 4.78 is 14.0. The van der Waals surface area contributed by atoms with Crippen LogP contribution in [-0.2, 0) is 6.54 Å². The molecule has 0 aliphatic carbocycles. The Morgan fingerprint density at radius 3 is 2.64 bits per heavy atom. The van der Waals surface area contributed by atoms with Crippen molar-refractivity contribution in [3.63, 3.8) is 0 Å². The van der Waals surface area contributed by atoms with Gasteiger partial charge in [0.15, 0.2) is 0 Å². The van der Waals surface area contributed by atoms with E-state index in [4.69, 9.17) is 5.11 Å². The molecule has 2 heterocycles. The Bertz CT molecular complexity index is 831. The molecule has 0 saturated carbocycles. The minimum absolute atomic E-state index is 0.270. The van der Waals surface area contributed by atoms with E-state index in [0.717, 1.165) is 36.9 Å². The summed E-state index contributed by atoms with van der Waals surface area (Å²) in [6.45, 7) is 0.937. The fourth-order valence-corrected chi connectivity index (χ4v) is 4.06. The molecule has 0 radical (unpaired) electrons. The van der Waals surface area contributed by atoms with Crippen molar-refractivity contribution in [2.24, 2.45) is 0 Å². The third-order valence-corrected chi connectivity index (χ3v) is 5.32. The Hall–Kier alpha value is -2.46. The van der Waals surface area contributed by atoms with Crippen LogP contribution in [0.15, 0.2) is 54.6 Å². The van der Waals surface area contributed by atoms with Gasteiger partial charge in [-0.1, -0.05) is 42.5 Å². The first-order valence-corrected chi connectivity index (χ1v) is 8.65. The summed E-state index contributed by atoms with van der Waals surface area (Å²) >= 11 is 0. The molecule has 2 unspecified atom stereocenters. The van der Waals surface area contributed by atoms with Gasteiger partial charge >= 0.3 is 5.97 Å². The van der Waals surface area contributed by atoms with Crippen molar-refractivity contribution in [1.82, 2.24) is 4.90 Å². The van der Waals surface area contributed by atoms with E-state index in [2.05, 4.69) is 35.2 Å². The van der Waals surface area contributed by atoms with Crippen LogP contribution >= 0.6 is 0 Å². The van der Waals surface area contributed by atoms with Crippen LogP contribution in [0.3, 0.4) is 0 Å². The fourth-order valence-electron chi connectivity index (χ4n) is 4.06. The van der Waals surface area contributed by atoms with Crippen LogP contribution in [0.1, 0.15) is 40.7 Å². The van der Waals surface area contributed by atoms with Gasteiger partial charge in [-0.25, -0.2) is 9.18 Å². The molecule has 4 heteroatoms. The molecule has 3 nitrogen and oxygen atoms in total. The normalized spacial score (nSPS) is 22.7. The van der Waals surface area contributed by atoms with Gasteiger partial charge in [0.25, 0.3) is 0 Å². The van der Waals surface area contributed by atoms with Crippen LogP contribution in [0.5, 0.6) is 0 Å². The standard InChI is InChI=1S/C21H20FNO2/c22-20-12-15(6-9-19(20)21(24)25)16-10-17-7-8-18(11-16)23(17)13-14-4-2-1-3-5-14/h1-6,9-10,12,17-18H,7-8,11,13H2,(H,24,25). The molecule has 2 aliphatic heterocycles. The Kier molecular flexibility index (Phi) is 4.14. The van der Waals surface area contributed by atoms with E-state index < -0.39 is 11.8 Å². The van der Waals surface area contributed by atoms with E-state index in [-0.39, 0.29) is 5.56 Å². The second-order valence-electron chi connectivity index (χ2n) is 6.85. The van der Waals surface area contributed by atoms with Gasteiger partial charge in [0, 0.05) is 18.6 Å². The smallest absolute Gasteiger partial charge is 0.338 e. The molecule has 1 fully saturated rings. The zero-order chi connectivity index (χ0) is 17.4. The highest BCUT2D eigenvalue weighted by Gasteiger charge is 2.36. The molecule has 2 atom stereocenters. The van der Waals surface area contributed by atoms with Crippen LogP contribution in [0.2, 0.25) is 0 Å². The molecule has 2 aliphatic rings. The van der Waals surface area contributed by atoms with E-state index in [9.17, 15) is 9.18 Å². The van der Waals surface area contributed by atoms with Crippen molar-refractivity contribution in [3.8, 4) is 0 Å². The summed E-state index contributed by atoms with van der Waals surface area (Å²) in [4.78, 5) is 13.5. The van der Waals surface area contributed by atoms with Gasteiger partial charge in [0.2, 0.25) is 0 Å². The number of carboxylic acid groups (broad SMARTS) is 1. The van der Waals surface area contributed by atoms with Crippen LogP contribution < -0.4 is 0 Å². The van der Waals surface area contributed by atoms with Gasteiger partial charge in [-0.3, -0.25) is 4.90 Å². The average molecular weight is 337 g/mol.